The first-order valence-corrected chi connectivity index (χ1v) is 5.32. The summed E-state index contributed by atoms with van der Waals surface area (Å²) >= 11 is 0. The van der Waals surface area contributed by atoms with Gasteiger partial charge in [-0.1, -0.05) is 0 Å². The average molecular weight is 208 g/mol. The lowest BCUT2D eigenvalue weighted by atomic mass is 10.0. The molecular weight excluding hydrogens is 190 g/mol. The maximum absolute atomic E-state index is 5.59. The predicted molar refractivity (Wildman–Crippen MR) is 59.3 cm³/mol. The van der Waals surface area contributed by atoms with Gasteiger partial charge in [-0.15, -0.1) is 0 Å². The molecule has 82 valence electrons. The third-order valence-electron chi connectivity index (χ3n) is 3.14. The van der Waals surface area contributed by atoms with E-state index >= 15 is 0 Å². The number of nitrogens with zero attached hydrogens (tertiary/aromatic N) is 1. The van der Waals surface area contributed by atoms with Crippen molar-refractivity contribution in [2.75, 3.05) is 13.7 Å². The number of hydrogen-bond acceptors (Lipinski definition) is 3. The van der Waals surface area contributed by atoms with Crippen molar-refractivity contribution in [1.29, 1.82) is 0 Å². The highest BCUT2D eigenvalue weighted by atomic mass is 16.5. The fourth-order valence-corrected chi connectivity index (χ4v) is 2.09. The highest BCUT2D eigenvalue weighted by Gasteiger charge is 2.38. The highest BCUT2D eigenvalue weighted by Crippen LogP contribution is 2.28. The van der Waals surface area contributed by atoms with Gasteiger partial charge >= 0.3 is 0 Å². The number of rotatable bonds is 2. The Hall–Kier alpha value is -1.45. The Balaban J connectivity index is 2.44. The fraction of sp³-hybridized carbons (Fsp3) is 0.545. The number of ether oxygens (including phenoxy) is 1. The van der Waals surface area contributed by atoms with Crippen molar-refractivity contribution in [1.82, 2.24) is 10.9 Å². The molecule has 0 aromatic rings. The molecule has 0 radical (unpaired) electrons. The molecule has 4 nitrogen and oxygen atoms in total. The third kappa shape index (κ3) is 1.40. The van der Waals surface area contributed by atoms with Gasteiger partial charge in [0.05, 0.1) is 17.8 Å². The Morgan fingerprint density at radius 2 is 2.27 bits per heavy atom. The summed E-state index contributed by atoms with van der Waals surface area (Å²) in [6.45, 7) is 6.99. The maximum Gasteiger partial charge on any atom is 0.216 e. The second-order valence-corrected chi connectivity index (χ2v) is 3.88. The molecule has 0 fully saturated rings. The van der Waals surface area contributed by atoms with E-state index in [1.807, 2.05) is 13.1 Å². The van der Waals surface area contributed by atoms with E-state index in [1.54, 1.807) is 0 Å². The molecule has 0 amide bonds. The smallest absolute Gasteiger partial charge is 0.216 e. The summed E-state index contributed by atoms with van der Waals surface area (Å²) in [6.07, 6.45) is 1.99. The monoisotopic (exact) mass is 208 g/mol. The van der Waals surface area contributed by atoms with Crippen molar-refractivity contribution in [3.05, 3.63) is 23.2 Å². The van der Waals surface area contributed by atoms with Crippen LogP contribution in [-0.2, 0) is 4.74 Å². The van der Waals surface area contributed by atoms with Gasteiger partial charge in [-0.3, -0.25) is 5.43 Å². The molecule has 0 spiro atoms. The van der Waals surface area contributed by atoms with Crippen LogP contribution in [0.25, 0.3) is 0 Å². The SMILES string of the molecule is CCOC1=C2C(=CNN1)C(C)=[N+](C)C2C. The molecule has 15 heavy (non-hydrogen) atoms. The number of hydrazine groups is 1. The summed E-state index contributed by atoms with van der Waals surface area (Å²) in [5.41, 5.74) is 9.84. The van der Waals surface area contributed by atoms with E-state index in [1.165, 1.54) is 16.9 Å². The molecule has 0 aromatic heterocycles. The van der Waals surface area contributed by atoms with Crippen LogP contribution < -0.4 is 10.9 Å². The Bertz CT molecular complexity index is 379. The zero-order chi connectivity index (χ0) is 11.0. The largest absolute Gasteiger partial charge is 0.478 e. The van der Waals surface area contributed by atoms with Crippen LogP contribution in [0, 0.1) is 0 Å². The van der Waals surface area contributed by atoms with Crippen molar-refractivity contribution in [2.45, 2.75) is 26.8 Å². The van der Waals surface area contributed by atoms with E-state index in [2.05, 4.69) is 36.3 Å². The van der Waals surface area contributed by atoms with E-state index in [0.717, 1.165) is 5.88 Å². The van der Waals surface area contributed by atoms with Crippen LogP contribution in [0.15, 0.2) is 23.2 Å². The Kier molecular flexibility index (Phi) is 2.42. The minimum atomic E-state index is 0.368. The van der Waals surface area contributed by atoms with Crippen molar-refractivity contribution in [3.63, 3.8) is 0 Å². The lowest BCUT2D eigenvalue weighted by molar-refractivity contribution is -0.518. The van der Waals surface area contributed by atoms with E-state index in [-0.39, 0.29) is 0 Å². The van der Waals surface area contributed by atoms with Gasteiger partial charge in [-0.2, -0.15) is 0 Å². The van der Waals surface area contributed by atoms with Crippen molar-refractivity contribution in [3.8, 4) is 0 Å². The van der Waals surface area contributed by atoms with E-state index in [4.69, 9.17) is 4.74 Å². The second-order valence-electron chi connectivity index (χ2n) is 3.88. The molecule has 2 aliphatic heterocycles. The van der Waals surface area contributed by atoms with Gasteiger partial charge in [0.15, 0.2) is 11.8 Å². The van der Waals surface area contributed by atoms with E-state index < -0.39 is 0 Å². The van der Waals surface area contributed by atoms with Crippen molar-refractivity contribution < 1.29 is 9.31 Å². The van der Waals surface area contributed by atoms with Gasteiger partial charge in [0.25, 0.3) is 0 Å². The van der Waals surface area contributed by atoms with Crippen LogP contribution in [0.2, 0.25) is 0 Å². The number of nitrogens with one attached hydrogen (secondary N) is 2. The van der Waals surface area contributed by atoms with Gasteiger partial charge in [-0.25, -0.2) is 4.58 Å². The zero-order valence-corrected chi connectivity index (χ0v) is 9.72. The number of likely N-dealkylation sites (N-methyl/N-ethyl adjacent to an activating group) is 1. The molecule has 2 rings (SSSR count). The third-order valence-corrected chi connectivity index (χ3v) is 3.14. The lowest BCUT2D eigenvalue weighted by Crippen LogP contribution is -2.34. The topological polar surface area (TPSA) is 36.3 Å². The van der Waals surface area contributed by atoms with Crippen molar-refractivity contribution in [2.24, 2.45) is 0 Å². The van der Waals surface area contributed by atoms with Gasteiger partial charge in [0.1, 0.15) is 7.05 Å². The van der Waals surface area contributed by atoms with E-state index in [0.29, 0.717) is 12.6 Å². The van der Waals surface area contributed by atoms with Crippen LogP contribution in [0.1, 0.15) is 20.8 Å². The standard InChI is InChI=1S/C11H17N3O/c1-5-15-11-10-8(3)14(4)7(2)9(10)6-12-13-11/h6,8,13H,5H2,1-4H3/p+1. The van der Waals surface area contributed by atoms with E-state index in [9.17, 15) is 0 Å². The second kappa shape index (κ2) is 3.61. The molecule has 0 bridgehead atoms. The number of hydrogen-bond donors (Lipinski definition) is 2. The highest BCUT2D eigenvalue weighted by molar-refractivity contribution is 6.01. The molecule has 2 aliphatic rings. The molecule has 0 aromatic carbocycles. The van der Waals surface area contributed by atoms with Gasteiger partial charge < -0.3 is 10.2 Å². The maximum atomic E-state index is 5.59. The average Bonchev–Trinajstić information content (AvgIpc) is 2.46. The molecule has 0 saturated carbocycles. The Morgan fingerprint density at radius 1 is 1.53 bits per heavy atom. The molecule has 2 N–H and O–H groups in total. The summed E-state index contributed by atoms with van der Waals surface area (Å²) in [6, 6.07) is 0.368. The van der Waals surface area contributed by atoms with Crippen molar-refractivity contribution >= 4 is 5.71 Å². The molecule has 4 heteroatoms. The molecule has 0 aliphatic carbocycles. The number of fused-ring (bicyclic) bond motifs is 1. The first kappa shape index (κ1) is 10.1. The van der Waals surface area contributed by atoms with Crippen LogP contribution >= 0.6 is 0 Å². The molecule has 2 heterocycles. The predicted octanol–water partition coefficient (Wildman–Crippen LogP) is 0.732. The Morgan fingerprint density at radius 3 is 2.93 bits per heavy atom. The summed E-state index contributed by atoms with van der Waals surface area (Å²) < 4.78 is 7.85. The van der Waals surface area contributed by atoms with Gasteiger partial charge in [0, 0.05) is 20.0 Å². The molecule has 0 saturated heterocycles. The molecular formula is C11H18N3O+. The van der Waals surface area contributed by atoms with Gasteiger partial charge in [-0.05, 0) is 6.92 Å². The minimum absolute atomic E-state index is 0.368. The normalized spacial score (nSPS) is 24.5. The van der Waals surface area contributed by atoms with Crippen LogP contribution in [0.5, 0.6) is 0 Å². The summed E-state index contributed by atoms with van der Waals surface area (Å²) in [5, 5.41) is 0. The summed E-state index contributed by atoms with van der Waals surface area (Å²) in [5.74, 6) is 0.853. The minimum Gasteiger partial charge on any atom is -0.478 e. The van der Waals surface area contributed by atoms with Crippen LogP contribution in [-0.4, -0.2) is 30.0 Å². The quantitative estimate of drug-likeness (QED) is 0.657. The van der Waals surface area contributed by atoms with Crippen LogP contribution in [0.4, 0.5) is 0 Å². The zero-order valence-electron chi connectivity index (χ0n) is 9.72. The summed E-state index contributed by atoms with van der Waals surface area (Å²) in [4.78, 5) is 0. The fourth-order valence-electron chi connectivity index (χ4n) is 2.09. The first-order valence-electron chi connectivity index (χ1n) is 5.32. The summed E-state index contributed by atoms with van der Waals surface area (Å²) in [7, 11) is 2.11. The Labute approximate surface area is 90.3 Å². The lowest BCUT2D eigenvalue weighted by Gasteiger charge is -2.19. The van der Waals surface area contributed by atoms with Gasteiger partial charge in [0.2, 0.25) is 5.88 Å². The molecule has 1 atom stereocenters. The molecule has 1 unspecified atom stereocenters. The first-order chi connectivity index (χ1) is 7.16. The van der Waals surface area contributed by atoms with Crippen LogP contribution in [0.3, 0.4) is 0 Å².